The highest BCUT2D eigenvalue weighted by atomic mass is 79.9. The van der Waals surface area contributed by atoms with Gasteiger partial charge < -0.3 is 0 Å². The quantitative estimate of drug-likeness (QED) is 0.717. The molecule has 0 aliphatic carbocycles. The van der Waals surface area contributed by atoms with Gasteiger partial charge in [-0.15, -0.1) is 0 Å². The predicted molar refractivity (Wildman–Crippen MR) is 92.2 cm³/mol. The Morgan fingerprint density at radius 2 is 2.18 bits per heavy atom. The van der Waals surface area contributed by atoms with Gasteiger partial charge >= 0.3 is 0 Å². The van der Waals surface area contributed by atoms with Crippen molar-refractivity contribution < 1.29 is 8.42 Å². The first-order chi connectivity index (χ1) is 10.3. The number of nitrogens with zero attached hydrogens (tertiary/aromatic N) is 3. The first-order valence-corrected chi connectivity index (χ1v) is 10.3. The van der Waals surface area contributed by atoms with E-state index in [0.29, 0.717) is 6.54 Å². The number of pyridine rings is 1. The molecular weight excluding hydrogens is 366 g/mol. The minimum absolute atomic E-state index is 0.107. The number of hydrogen-bond donors (Lipinski definition) is 0. The minimum atomic E-state index is -3.07. The first kappa shape index (κ1) is 17.8. The van der Waals surface area contributed by atoms with Gasteiger partial charge in [-0.25, -0.2) is 8.42 Å². The van der Waals surface area contributed by atoms with Crippen molar-refractivity contribution in [2.45, 2.75) is 39.3 Å². The van der Waals surface area contributed by atoms with Crippen molar-refractivity contribution in [1.82, 2.24) is 14.2 Å². The zero-order chi connectivity index (χ0) is 16.3. The molecule has 0 radical (unpaired) electrons. The molecule has 1 fully saturated rings. The van der Waals surface area contributed by atoms with E-state index in [1.807, 2.05) is 6.20 Å². The van der Waals surface area contributed by atoms with E-state index in [4.69, 9.17) is 0 Å². The van der Waals surface area contributed by atoms with Gasteiger partial charge in [0.1, 0.15) is 0 Å². The SMILES string of the molecule is CCc1cc(CN(CC)CC2CCN2S(C)(=O)=O)ncc1Br. The second kappa shape index (κ2) is 7.38. The zero-order valence-corrected chi connectivity index (χ0v) is 15.8. The van der Waals surface area contributed by atoms with Gasteiger partial charge in [0.05, 0.1) is 11.9 Å². The van der Waals surface area contributed by atoms with Gasteiger partial charge in [0.25, 0.3) is 0 Å². The van der Waals surface area contributed by atoms with Gasteiger partial charge in [-0.2, -0.15) is 4.31 Å². The summed E-state index contributed by atoms with van der Waals surface area (Å²) in [5.41, 5.74) is 2.29. The summed E-state index contributed by atoms with van der Waals surface area (Å²) >= 11 is 3.51. The highest BCUT2D eigenvalue weighted by molar-refractivity contribution is 9.10. The van der Waals surface area contributed by atoms with Crippen LogP contribution in [-0.2, 0) is 23.0 Å². The van der Waals surface area contributed by atoms with Crippen LogP contribution < -0.4 is 0 Å². The summed E-state index contributed by atoms with van der Waals surface area (Å²) < 4.78 is 26.0. The molecular formula is C15H24BrN3O2S. The maximum atomic E-state index is 11.7. The Morgan fingerprint density at radius 3 is 2.68 bits per heavy atom. The Balaban J connectivity index is 2.01. The molecule has 1 aliphatic heterocycles. The average Bonchev–Trinajstić information content (AvgIpc) is 2.41. The number of sulfonamides is 1. The summed E-state index contributed by atoms with van der Waals surface area (Å²) in [5.74, 6) is 0. The van der Waals surface area contributed by atoms with Crippen LogP contribution in [0.1, 0.15) is 31.5 Å². The monoisotopic (exact) mass is 389 g/mol. The number of likely N-dealkylation sites (N-methyl/N-ethyl adjacent to an activating group) is 1. The maximum absolute atomic E-state index is 11.7. The van der Waals surface area contributed by atoms with E-state index in [1.54, 1.807) is 4.31 Å². The summed E-state index contributed by atoms with van der Waals surface area (Å²) in [6, 6.07) is 2.23. The van der Waals surface area contributed by atoms with Gasteiger partial charge in [0.2, 0.25) is 10.0 Å². The van der Waals surface area contributed by atoms with Crippen molar-refractivity contribution in [3.8, 4) is 0 Å². The fourth-order valence-corrected chi connectivity index (χ4v) is 4.40. The van der Waals surface area contributed by atoms with Crippen molar-refractivity contribution in [2.75, 3.05) is 25.9 Å². The Labute approximate surface area is 141 Å². The van der Waals surface area contributed by atoms with Crippen LogP contribution in [-0.4, -0.2) is 54.5 Å². The van der Waals surface area contributed by atoms with Crippen molar-refractivity contribution in [2.24, 2.45) is 0 Å². The summed E-state index contributed by atoms with van der Waals surface area (Å²) in [6.45, 7) is 7.28. The highest BCUT2D eigenvalue weighted by Gasteiger charge is 2.35. The summed E-state index contributed by atoms with van der Waals surface area (Å²) in [5, 5.41) is 0. The highest BCUT2D eigenvalue weighted by Crippen LogP contribution is 2.23. The van der Waals surface area contributed by atoms with Crippen LogP contribution in [0.5, 0.6) is 0 Å². The molecule has 0 saturated carbocycles. The van der Waals surface area contributed by atoms with Gasteiger partial charge in [0, 0.05) is 36.3 Å². The third kappa shape index (κ3) is 4.28. The second-order valence-electron chi connectivity index (χ2n) is 5.76. The minimum Gasteiger partial charge on any atom is -0.296 e. The lowest BCUT2D eigenvalue weighted by Gasteiger charge is -2.41. The van der Waals surface area contributed by atoms with E-state index in [0.717, 1.165) is 42.6 Å². The molecule has 1 aromatic heterocycles. The fourth-order valence-electron chi connectivity index (χ4n) is 2.76. The number of halogens is 1. The Kier molecular flexibility index (Phi) is 5.99. The molecule has 1 aliphatic rings. The molecule has 1 unspecified atom stereocenters. The molecule has 0 amide bonds. The van der Waals surface area contributed by atoms with Crippen LogP contribution in [0.2, 0.25) is 0 Å². The number of aromatic nitrogens is 1. The van der Waals surface area contributed by atoms with Crippen molar-refractivity contribution in [3.63, 3.8) is 0 Å². The Morgan fingerprint density at radius 1 is 1.45 bits per heavy atom. The lowest BCUT2D eigenvalue weighted by Crippen LogP contribution is -2.55. The van der Waals surface area contributed by atoms with Crippen molar-refractivity contribution in [1.29, 1.82) is 0 Å². The van der Waals surface area contributed by atoms with E-state index in [2.05, 4.69) is 45.7 Å². The summed E-state index contributed by atoms with van der Waals surface area (Å²) in [4.78, 5) is 6.73. The first-order valence-electron chi connectivity index (χ1n) is 7.67. The molecule has 5 nitrogen and oxygen atoms in total. The number of hydrogen-bond acceptors (Lipinski definition) is 4. The van der Waals surface area contributed by atoms with Gasteiger partial charge in [-0.05, 0) is 46.9 Å². The van der Waals surface area contributed by atoms with Crippen LogP contribution >= 0.6 is 15.9 Å². The molecule has 22 heavy (non-hydrogen) atoms. The predicted octanol–water partition coefficient (Wildman–Crippen LogP) is 2.26. The van der Waals surface area contributed by atoms with Gasteiger partial charge in [0.15, 0.2) is 0 Å². The second-order valence-corrected chi connectivity index (χ2v) is 8.55. The summed E-state index contributed by atoms with van der Waals surface area (Å²) in [6.07, 6.45) is 5.05. The number of aryl methyl sites for hydroxylation is 1. The van der Waals surface area contributed by atoms with Gasteiger partial charge in [-0.3, -0.25) is 9.88 Å². The molecule has 0 spiro atoms. The third-order valence-corrected chi connectivity index (χ3v) is 6.24. The maximum Gasteiger partial charge on any atom is 0.211 e. The molecule has 2 rings (SSSR count). The molecule has 0 bridgehead atoms. The van der Waals surface area contributed by atoms with Crippen LogP contribution in [0.15, 0.2) is 16.7 Å². The average molecular weight is 390 g/mol. The topological polar surface area (TPSA) is 53.5 Å². The van der Waals surface area contributed by atoms with Gasteiger partial charge in [-0.1, -0.05) is 13.8 Å². The molecule has 1 saturated heterocycles. The fraction of sp³-hybridized carbons (Fsp3) is 0.667. The van der Waals surface area contributed by atoms with E-state index in [-0.39, 0.29) is 6.04 Å². The molecule has 2 heterocycles. The molecule has 1 atom stereocenters. The summed E-state index contributed by atoms with van der Waals surface area (Å²) in [7, 11) is -3.07. The van der Waals surface area contributed by atoms with E-state index in [9.17, 15) is 8.42 Å². The van der Waals surface area contributed by atoms with Crippen LogP contribution in [0.4, 0.5) is 0 Å². The van der Waals surface area contributed by atoms with Crippen LogP contribution in [0.25, 0.3) is 0 Å². The number of rotatable bonds is 7. The Hall–Kier alpha value is -0.500. The zero-order valence-electron chi connectivity index (χ0n) is 13.4. The normalized spacial score (nSPS) is 19.4. The van der Waals surface area contributed by atoms with E-state index < -0.39 is 10.0 Å². The molecule has 0 aromatic carbocycles. The lowest BCUT2D eigenvalue weighted by molar-refractivity contribution is 0.131. The molecule has 0 N–H and O–H groups in total. The van der Waals surface area contributed by atoms with Crippen LogP contribution in [0, 0.1) is 0 Å². The van der Waals surface area contributed by atoms with E-state index in [1.165, 1.54) is 11.8 Å². The largest absolute Gasteiger partial charge is 0.296 e. The smallest absolute Gasteiger partial charge is 0.211 e. The third-order valence-electron chi connectivity index (χ3n) is 4.19. The molecule has 1 aromatic rings. The molecule has 7 heteroatoms. The standard InChI is InChI=1S/C15H24BrN3O2S/c1-4-12-8-13(17-9-15(12)16)10-18(5-2)11-14-6-7-19(14)22(3,20)21/h8-9,14H,4-7,10-11H2,1-3H3. The van der Waals surface area contributed by atoms with E-state index >= 15 is 0 Å². The Bertz CT molecular complexity index is 621. The molecule has 124 valence electrons. The lowest BCUT2D eigenvalue weighted by atomic mass is 10.1. The van der Waals surface area contributed by atoms with Crippen LogP contribution in [0.3, 0.4) is 0 Å². The van der Waals surface area contributed by atoms with Crippen molar-refractivity contribution in [3.05, 3.63) is 28.0 Å². The van der Waals surface area contributed by atoms with Crippen molar-refractivity contribution >= 4 is 26.0 Å².